The number of fused-ring (bicyclic) bond motifs is 2. The molecule has 4 nitrogen and oxygen atoms in total. The molecule has 2 aromatic rings. The van der Waals surface area contributed by atoms with Gasteiger partial charge in [0.2, 0.25) is 0 Å². The first-order valence-corrected chi connectivity index (χ1v) is 11.5. The van der Waals surface area contributed by atoms with Crippen LogP contribution in [-0.2, 0) is 22.7 Å². The fraction of sp³-hybridized carbons (Fsp3) is 0.409. The molecule has 2 aliphatic rings. The van der Waals surface area contributed by atoms with Gasteiger partial charge in [0, 0.05) is 17.7 Å². The number of nitriles is 1. The first kappa shape index (κ1) is 20.0. The third-order valence-electron chi connectivity index (χ3n) is 6.07. The zero-order valence-electron chi connectivity index (χ0n) is 16.0. The van der Waals surface area contributed by atoms with Crippen LogP contribution in [0, 0.1) is 17.1 Å². The van der Waals surface area contributed by atoms with Crippen LogP contribution >= 0.6 is 0 Å². The molecule has 0 fully saturated rings. The number of aliphatic hydroxyl groups excluding tert-OH is 1. The molecule has 0 bridgehead atoms. The summed E-state index contributed by atoms with van der Waals surface area (Å²) in [6, 6.07) is 7.89. The van der Waals surface area contributed by atoms with Gasteiger partial charge in [0.15, 0.2) is 9.84 Å². The van der Waals surface area contributed by atoms with E-state index in [0.29, 0.717) is 24.8 Å². The summed E-state index contributed by atoms with van der Waals surface area (Å²) in [7, 11) is -3.66. The summed E-state index contributed by atoms with van der Waals surface area (Å²) in [5, 5.41) is 20.1. The molecule has 0 spiro atoms. The van der Waals surface area contributed by atoms with E-state index in [4.69, 9.17) is 0 Å². The van der Waals surface area contributed by atoms with Gasteiger partial charge in [-0.2, -0.15) is 5.26 Å². The van der Waals surface area contributed by atoms with Crippen molar-refractivity contribution in [1.82, 2.24) is 0 Å². The second kappa shape index (κ2) is 7.19. The Labute approximate surface area is 168 Å². The summed E-state index contributed by atoms with van der Waals surface area (Å²) in [6.07, 6.45) is 0.593. The molecule has 29 heavy (non-hydrogen) atoms. The van der Waals surface area contributed by atoms with Crippen LogP contribution in [0.15, 0.2) is 29.2 Å². The maximum atomic E-state index is 14.3. The molecule has 0 aromatic heterocycles. The van der Waals surface area contributed by atoms with Gasteiger partial charge in [0.05, 0.1) is 16.5 Å². The fourth-order valence-electron chi connectivity index (χ4n) is 4.87. The molecular formula is C22H21F2NO3S. The van der Waals surface area contributed by atoms with Gasteiger partial charge >= 0.3 is 0 Å². The minimum Gasteiger partial charge on any atom is -0.385 e. The lowest BCUT2D eigenvalue weighted by atomic mass is 9.73. The Morgan fingerprint density at radius 2 is 1.93 bits per heavy atom. The van der Waals surface area contributed by atoms with Crippen LogP contribution in [0.4, 0.5) is 8.78 Å². The quantitative estimate of drug-likeness (QED) is 0.804. The molecule has 2 aliphatic carbocycles. The van der Waals surface area contributed by atoms with E-state index >= 15 is 0 Å². The first-order valence-electron chi connectivity index (χ1n) is 9.62. The molecule has 0 amide bonds. The Kier molecular flexibility index (Phi) is 4.96. The van der Waals surface area contributed by atoms with Crippen molar-refractivity contribution in [2.45, 2.75) is 55.2 Å². The van der Waals surface area contributed by atoms with Gasteiger partial charge in [-0.25, -0.2) is 17.2 Å². The monoisotopic (exact) mass is 417 g/mol. The average molecular weight is 417 g/mol. The molecule has 3 atom stereocenters. The molecule has 152 valence electrons. The van der Waals surface area contributed by atoms with Crippen LogP contribution in [0.1, 0.15) is 64.7 Å². The topological polar surface area (TPSA) is 78.2 Å². The highest BCUT2D eigenvalue weighted by molar-refractivity contribution is 7.90. The number of hydrogen-bond acceptors (Lipinski definition) is 4. The zero-order valence-corrected chi connectivity index (χ0v) is 16.8. The maximum absolute atomic E-state index is 14.3. The second-order valence-corrected chi connectivity index (χ2v) is 9.88. The van der Waals surface area contributed by atoms with Gasteiger partial charge in [0.1, 0.15) is 18.1 Å². The average Bonchev–Trinajstić information content (AvgIpc) is 2.68. The Morgan fingerprint density at radius 1 is 1.17 bits per heavy atom. The van der Waals surface area contributed by atoms with Crippen molar-refractivity contribution in [3.63, 3.8) is 0 Å². The van der Waals surface area contributed by atoms with Crippen molar-refractivity contribution in [3.8, 4) is 6.07 Å². The number of alkyl halides is 1. The molecule has 7 heteroatoms. The molecule has 0 saturated heterocycles. The number of rotatable bonds is 2. The van der Waals surface area contributed by atoms with Gasteiger partial charge < -0.3 is 5.11 Å². The van der Waals surface area contributed by atoms with E-state index in [1.807, 2.05) is 0 Å². The molecule has 2 aromatic carbocycles. The smallest absolute Gasteiger partial charge is 0.175 e. The molecule has 0 radical (unpaired) electrons. The number of aryl methyl sites for hydroxylation is 1. The summed E-state index contributed by atoms with van der Waals surface area (Å²) < 4.78 is 52.7. The van der Waals surface area contributed by atoms with Gasteiger partial charge in [-0.05, 0) is 72.6 Å². The minimum atomic E-state index is -3.66. The first-order chi connectivity index (χ1) is 13.7. The van der Waals surface area contributed by atoms with E-state index in [-0.39, 0.29) is 28.4 Å². The molecule has 0 aliphatic heterocycles. The zero-order chi connectivity index (χ0) is 20.9. The van der Waals surface area contributed by atoms with Gasteiger partial charge in [-0.1, -0.05) is 6.07 Å². The number of halogens is 2. The molecule has 4 rings (SSSR count). The highest BCUT2D eigenvalue weighted by Gasteiger charge is 2.36. The summed E-state index contributed by atoms with van der Waals surface area (Å²) in [6.45, 7) is 0. The molecule has 0 heterocycles. The van der Waals surface area contributed by atoms with E-state index in [2.05, 4.69) is 6.07 Å². The number of sulfone groups is 1. The van der Waals surface area contributed by atoms with Crippen LogP contribution in [0.2, 0.25) is 0 Å². The van der Waals surface area contributed by atoms with Crippen LogP contribution in [-0.4, -0.2) is 26.0 Å². The standard InChI is InChI=1S/C22H21F2NO3S/c1-29(27,28)19-8-6-15(17-5-7-18(24)22(26)21(17)19)16-4-2-3-12-9-14(23)10-13(11-25)20(12)16/h6,8-10,16,18,22,26H,2-5,7H2,1H3/t16-,18-,22-/m1/s1. The van der Waals surface area contributed by atoms with E-state index in [9.17, 15) is 27.6 Å². The van der Waals surface area contributed by atoms with Crippen LogP contribution < -0.4 is 0 Å². The maximum Gasteiger partial charge on any atom is 0.175 e. The molecule has 0 saturated carbocycles. The second-order valence-electron chi connectivity index (χ2n) is 7.90. The summed E-state index contributed by atoms with van der Waals surface area (Å²) in [5.41, 5.74) is 3.37. The predicted octanol–water partition coefficient (Wildman–Crippen LogP) is 3.89. The summed E-state index contributed by atoms with van der Waals surface area (Å²) in [5.74, 6) is -0.675. The Bertz CT molecular complexity index is 1140. The van der Waals surface area contributed by atoms with Crippen molar-refractivity contribution in [2.24, 2.45) is 0 Å². The van der Waals surface area contributed by atoms with Crippen molar-refractivity contribution in [3.05, 3.63) is 63.5 Å². The Hall–Kier alpha value is -2.30. The Balaban J connectivity index is 1.97. The van der Waals surface area contributed by atoms with E-state index < -0.39 is 27.9 Å². The number of nitrogens with zero attached hydrogens (tertiary/aromatic N) is 1. The van der Waals surface area contributed by atoms with Crippen molar-refractivity contribution in [1.29, 1.82) is 5.26 Å². The third kappa shape index (κ3) is 3.34. The highest BCUT2D eigenvalue weighted by Crippen LogP contribution is 2.45. The van der Waals surface area contributed by atoms with E-state index in [1.54, 1.807) is 6.07 Å². The summed E-state index contributed by atoms with van der Waals surface area (Å²) in [4.78, 5) is -0.0539. The van der Waals surface area contributed by atoms with Crippen molar-refractivity contribution >= 4 is 9.84 Å². The Morgan fingerprint density at radius 3 is 2.62 bits per heavy atom. The van der Waals surface area contributed by atoms with Gasteiger partial charge in [0.25, 0.3) is 0 Å². The van der Waals surface area contributed by atoms with Gasteiger partial charge in [-0.15, -0.1) is 0 Å². The van der Waals surface area contributed by atoms with Crippen LogP contribution in [0.25, 0.3) is 0 Å². The normalized spacial score (nSPS) is 23.8. The molecular weight excluding hydrogens is 396 g/mol. The number of aliphatic hydroxyl groups is 1. The third-order valence-corrected chi connectivity index (χ3v) is 7.23. The van der Waals surface area contributed by atoms with Gasteiger partial charge in [-0.3, -0.25) is 0 Å². The largest absolute Gasteiger partial charge is 0.385 e. The van der Waals surface area contributed by atoms with Crippen LogP contribution in [0.3, 0.4) is 0 Å². The molecule has 1 N–H and O–H groups in total. The number of hydrogen-bond donors (Lipinski definition) is 1. The van der Waals surface area contributed by atoms with E-state index in [0.717, 1.165) is 29.4 Å². The number of benzene rings is 2. The summed E-state index contributed by atoms with van der Waals surface area (Å²) >= 11 is 0. The SMILES string of the molecule is CS(=O)(=O)c1ccc([C@H]2CCCc3cc(F)cc(C#N)c32)c2c1[C@H](O)[C@H](F)CC2. The van der Waals surface area contributed by atoms with Crippen molar-refractivity contribution in [2.75, 3.05) is 6.26 Å². The minimum absolute atomic E-state index is 0.0539. The fourth-order valence-corrected chi connectivity index (χ4v) is 5.83. The lowest BCUT2D eigenvalue weighted by Crippen LogP contribution is -2.26. The van der Waals surface area contributed by atoms with Crippen LogP contribution in [0.5, 0.6) is 0 Å². The molecule has 0 unspecified atom stereocenters. The lowest BCUT2D eigenvalue weighted by molar-refractivity contribution is 0.0616. The lowest BCUT2D eigenvalue weighted by Gasteiger charge is -2.33. The predicted molar refractivity (Wildman–Crippen MR) is 104 cm³/mol. The van der Waals surface area contributed by atoms with E-state index in [1.165, 1.54) is 18.2 Å². The highest BCUT2D eigenvalue weighted by atomic mass is 32.2. The van der Waals surface area contributed by atoms with Crippen molar-refractivity contribution < 1.29 is 22.3 Å².